The Morgan fingerprint density at radius 3 is 2.74 bits per heavy atom. The SMILES string of the molecule is COc1ccc(C)cc1C(CCO)N1CCNCC1. The first-order valence-corrected chi connectivity index (χ1v) is 6.96. The lowest BCUT2D eigenvalue weighted by atomic mass is 9.98. The van der Waals surface area contributed by atoms with Gasteiger partial charge in [-0.05, 0) is 19.4 Å². The highest BCUT2D eigenvalue weighted by Crippen LogP contribution is 2.32. The summed E-state index contributed by atoms with van der Waals surface area (Å²) in [5.74, 6) is 0.919. The second-order valence-electron chi connectivity index (χ2n) is 5.06. The summed E-state index contributed by atoms with van der Waals surface area (Å²) in [4.78, 5) is 2.43. The van der Waals surface area contributed by atoms with Crippen LogP contribution < -0.4 is 10.1 Å². The second-order valence-corrected chi connectivity index (χ2v) is 5.06. The molecule has 1 aromatic carbocycles. The Bertz CT molecular complexity index is 403. The van der Waals surface area contributed by atoms with Gasteiger partial charge in [-0.25, -0.2) is 0 Å². The minimum atomic E-state index is 0.200. The maximum absolute atomic E-state index is 9.38. The van der Waals surface area contributed by atoms with Crippen molar-refractivity contribution in [2.75, 3.05) is 39.9 Å². The van der Waals surface area contributed by atoms with E-state index in [-0.39, 0.29) is 12.6 Å². The van der Waals surface area contributed by atoms with Crippen LogP contribution in [0.4, 0.5) is 0 Å². The summed E-state index contributed by atoms with van der Waals surface area (Å²) >= 11 is 0. The number of rotatable bonds is 5. The molecule has 1 fully saturated rings. The molecule has 0 saturated carbocycles. The summed E-state index contributed by atoms with van der Waals surface area (Å²) in [6.07, 6.45) is 0.750. The Labute approximate surface area is 115 Å². The van der Waals surface area contributed by atoms with Crippen molar-refractivity contribution < 1.29 is 9.84 Å². The lowest BCUT2D eigenvalue weighted by Crippen LogP contribution is -2.45. The van der Waals surface area contributed by atoms with Crippen molar-refractivity contribution in [2.24, 2.45) is 0 Å². The number of ether oxygens (including phenoxy) is 1. The Hall–Kier alpha value is -1.10. The summed E-state index contributed by atoms with van der Waals surface area (Å²) in [5.41, 5.74) is 2.42. The van der Waals surface area contributed by atoms with Crippen molar-refractivity contribution in [2.45, 2.75) is 19.4 Å². The monoisotopic (exact) mass is 264 g/mol. The lowest BCUT2D eigenvalue weighted by Gasteiger charge is -2.35. The van der Waals surface area contributed by atoms with E-state index in [1.54, 1.807) is 7.11 Å². The number of piperazine rings is 1. The average Bonchev–Trinajstić information content (AvgIpc) is 2.45. The third kappa shape index (κ3) is 3.47. The van der Waals surface area contributed by atoms with Crippen molar-refractivity contribution in [3.8, 4) is 5.75 Å². The number of nitrogens with zero attached hydrogens (tertiary/aromatic N) is 1. The second kappa shape index (κ2) is 6.89. The molecule has 0 bridgehead atoms. The summed E-state index contributed by atoms with van der Waals surface area (Å²) in [6.45, 7) is 6.35. The molecule has 1 heterocycles. The van der Waals surface area contributed by atoms with E-state index >= 15 is 0 Å². The van der Waals surface area contributed by atoms with Crippen LogP contribution in [0.3, 0.4) is 0 Å². The third-order valence-electron chi connectivity index (χ3n) is 3.74. The zero-order valence-corrected chi connectivity index (χ0v) is 11.9. The molecule has 1 unspecified atom stereocenters. The number of aliphatic hydroxyl groups is 1. The van der Waals surface area contributed by atoms with Gasteiger partial charge in [-0.1, -0.05) is 17.7 Å². The van der Waals surface area contributed by atoms with Gasteiger partial charge < -0.3 is 15.2 Å². The van der Waals surface area contributed by atoms with Crippen molar-refractivity contribution in [3.05, 3.63) is 29.3 Å². The third-order valence-corrected chi connectivity index (χ3v) is 3.74. The Kier molecular flexibility index (Phi) is 5.19. The Morgan fingerprint density at radius 2 is 2.11 bits per heavy atom. The number of benzene rings is 1. The van der Waals surface area contributed by atoms with E-state index < -0.39 is 0 Å². The van der Waals surface area contributed by atoms with E-state index in [0.717, 1.165) is 38.3 Å². The molecule has 0 radical (unpaired) electrons. The summed E-state index contributed by atoms with van der Waals surface area (Å²) in [7, 11) is 1.71. The molecule has 19 heavy (non-hydrogen) atoms. The van der Waals surface area contributed by atoms with Gasteiger partial charge in [0.1, 0.15) is 5.75 Å². The fourth-order valence-electron chi connectivity index (χ4n) is 2.77. The molecule has 1 aliphatic rings. The van der Waals surface area contributed by atoms with Gasteiger partial charge in [0.25, 0.3) is 0 Å². The van der Waals surface area contributed by atoms with Crippen LogP contribution in [0.1, 0.15) is 23.6 Å². The molecule has 4 nitrogen and oxygen atoms in total. The highest BCUT2D eigenvalue weighted by atomic mass is 16.5. The topological polar surface area (TPSA) is 44.7 Å². The minimum Gasteiger partial charge on any atom is -0.496 e. The van der Waals surface area contributed by atoms with Gasteiger partial charge >= 0.3 is 0 Å². The van der Waals surface area contributed by atoms with Crippen molar-refractivity contribution in [1.82, 2.24) is 10.2 Å². The summed E-state index contributed by atoms with van der Waals surface area (Å²) < 4.78 is 5.49. The maximum Gasteiger partial charge on any atom is 0.123 e. The molecular formula is C15H24N2O2. The summed E-state index contributed by atoms with van der Waals surface area (Å²) in [6, 6.07) is 6.51. The van der Waals surface area contributed by atoms with Crippen LogP contribution in [0.25, 0.3) is 0 Å². The van der Waals surface area contributed by atoms with Crippen molar-refractivity contribution >= 4 is 0 Å². The fraction of sp³-hybridized carbons (Fsp3) is 0.600. The molecule has 4 heteroatoms. The zero-order valence-electron chi connectivity index (χ0n) is 11.9. The first kappa shape index (κ1) is 14.3. The van der Waals surface area contributed by atoms with Gasteiger partial charge in [-0.3, -0.25) is 4.90 Å². The molecular weight excluding hydrogens is 240 g/mol. The number of aryl methyl sites for hydroxylation is 1. The predicted octanol–water partition coefficient (Wildman–Crippen LogP) is 1.33. The molecule has 0 aromatic heterocycles. The van der Waals surface area contributed by atoms with Crippen LogP contribution in [0.5, 0.6) is 5.75 Å². The lowest BCUT2D eigenvalue weighted by molar-refractivity contribution is 0.139. The number of hydrogen-bond donors (Lipinski definition) is 2. The molecule has 1 saturated heterocycles. The van der Waals surface area contributed by atoms with Crippen LogP contribution >= 0.6 is 0 Å². The van der Waals surface area contributed by atoms with Crippen LogP contribution in [0, 0.1) is 6.92 Å². The number of nitrogens with one attached hydrogen (secondary N) is 1. The number of aliphatic hydroxyl groups excluding tert-OH is 1. The van der Waals surface area contributed by atoms with Crippen LogP contribution in [-0.2, 0) is 0 Å². The van der Waals surface area contributed by atoms with Crippen LogP contribution in [-0.4, -0.2) is 49.9 Å². The molecule has 1 atom stereocenters. The van der Waals surface area contributed by atoms with Gasteiger partial charge in [0.15, 0.2) is 0 Å². The zero-order chi connectivity index (χ0) is 13.7. The van der Waals surface area contributed by atoms with Crippen molar-refractivity contribution in [3.63, 3.8) is 0 Å². The van der Waals surface area contributed by atoms with Crippen LogP contribution in [0.2, 0.25) is 0 Å². The van der Waals surface area contributed by atoms with E-state index in [4.69, 9.17) is 4.74 Å². The highest BCUT2D eigenvalue weighted by molar-refractivity contribution is 5.39. The molecule has 0 aliphatic carbocycles. The van der Waals surface area contributed by atoms with Crippen LogP contribution in [0.15, 0.2) is 18.2 Å². The molecule has 1 aliphatic heterocycles. The first-order chi connectivity index (χ1) is 9.26. The average molecular weight is 264 g/mol. The smallest absolute Gasteiger partial charge is 0.123 e. The first-order valence-electron chi connectivity index (χ1n) is 6.96. The largest absolute Gasteiger partial charge is 0.496 e. The highest BCUT2D eigenvalue weighted by Gasteiger charge is 2.24. The number of methoxy groups -OCH3 is 1. The summed E-state index contributed by atoms with van der Waals surface area (Å²) in [5, 5.41) is 12.7. The predicted molar refractivity (Wildman–Crippen MR) is 76.6 cm³/mol. The van der Waals surface area contributed by atoms with E-state index in [0.29, 0.717) is 0 Å². The van der Waals surface area contributed by atoms with E-state index in [9.17, 15) is 5.11 Å². The van der Waals surface area contributed by atoms with E-state index in [1.807, 2.05) is 6.07 Å². The normalized spacial score (nSPS) is 18.3. The Morgan fingerprint density at radius 1 is 1.37 bits per heavy atom. The Balaban J connectivity index is 2.28. The van der Waals surface area contributed by atoms with Gasteiger partial charge in [-0.15, -0.1) is 0 Å². The molecule has 106 valence electrons. The molecule has 2 rings (SSSR count). The van der Waals surface area contributed by atoms with Gasteiger partial charge in [0, 0.05) is 44.4 Å². The standard InChI is InChI=1S/C15H24N2O2/c1-12-3-4-15(19-2)13(11-12)14(5-10-18)17-8-6-16-7-9-17/h3-4,11,14,16,18H,5-10H2,1-2H3. The van der Waals surface area contributed by atoms with Gasteiger partial charge in [0.05, 0.1) is 7.11 Å². The number of hydrogen-bond acceptors (Lipinski definition) is 4. The van der Waals surface area contributed by atoms with Gasteiger partial charge in [-0.2, -0.15) is 0 Å². The van der Waals surface area contributed by atoms with E-state index in [1.165, 1.54) is 11.1 Å². The van der Waals surface area contributed by atoms with Gasteiger partial charge in [0.2, 0.25) is 0 Å². The molecule has 1 aromatic rings. The quantitative estimate of drug-likeness (QED) is 0.842. The molecule has 0 amide bonds. The van der Waals surface area contributed by atoms with E-state index in [2.05, 4.69) is 29.3 Å². The van der Waals surface area contributed by atoms with Crippen molar-refractivity contribution in [1.29, 1.82) is 0 Å². The maximum atomic E-state index is 9.38. The molecule has 2 N–H and O–H groups in total. The minimum absolute atomic E-state index is 0.200. The fourth-order valence-corrected chi connectivity index (χ4v) is 2.77. The molecule has 0 spiro atoms.